The molecule has 2 aromatic rings. The average Bonchev–Trinajstić information content (AvgIpc) is 3.37. The minimum atomic E-state index is -0.795. The van der Waals surface area contributed by atoms with E-state index in [9.17, 15) is 14.7 Å². The topological polar surface area (TPSA) is 98.4 Å². The second-order valence-electron chi connectivity index (χ2n) is 6.66. The summed E-state index contributed by atoms with van der Waals surface area (Å²) in [5.41, 5.74) is 0.582. The quantitative estimate of drug-likeness (QED) is 0.470. The molecule has 0 radical (unpaired) electrons. The van der Waals surface area contributed by atoms with Crippen LogP contribution in [0.15, 0.2) is 52.3 Å². The molecule has 1 amide bonds. The van der Waals surface area contributed by atoms with Crippen molar-refractivity contribution in [3.8, 4) is 11.5 Å². The molecular weight excluding hydrogens is 390 g/mol. The summed E-state index contributed by atoms with van der Waals surface area (Å²) in [4.78, 5) is 27.4. The molecule has 1 aliphatic rings. The summed E-state index contributed by atoms with van der Waals surface area (Å²) in [6.07, 6.45) is 1.91. The maximum absolute atomic E-state index is 13.1. The first-order valence-electron chi connectivity index (χ1n) is 9.65. The highest BCUT2D eigenvalue weighted by Crippen LogP contribution is 2.41. The van der Waals surface area contributed by atoms with Crippen molar-refractivity contribution >= 4 is 11.7 Å². The Balaban J connectivity index is 2.06. The average molecular weight is 415 g/mol. The van der Waals surface area contributed by atoms with Crippen LogP contribution in [-0.4, -0.2) is 55.7 Å². The Morgan fingerprint density at radius 3 is 2.67 bits per heavy atom. The number of methoxy groups -OCH3 is 2. The summed E-state index contributed by atoms with van der Waals surface area (Å²) in [6.45, 7) is 3.06. The first kappa shape index (κ1) is 21.4. The van der Waals surface area contributed by atoms with Crippen LogP contribution in [0.3, 0.4) is 0 Å². The fraction of sp³-hybridized carbons (Fsp3) is 0.364. The number of Topliss-reactive ketones (excluding diaryl/α,β-unsaturated/α-hetero) is 1. The van der Waals surface area contributed by atoms with Crippen LogP contribution in [-0.2, 0) is 9.53 Å². The van der Waals surface area contributed by atoms with Gasteiger partial charge in [-0.1, -0.05) is 6.07 Å². The Kier molecular flexibility index (Phi) is 6.79. The lowest BCUT2D eigenvalue weighted by atomic mass is 9.94. The van der Waals surface area contributed by atoms with Crippen LogP contribution in [0.2, 0.25) is 0 Å². The van der Waals surface area contributed by atoms with Gasteiger partial charge in [-0.3, -0.25) is 9.59 Å². The Morgan fingerprint density at radius 1 is 1.23 bits per heavy atom. The van der Waals surface area contributed by atoms with Crippen molar-refractivity contribution in [1.82, 2.24) is 4.90 Å². The molecule has 160 valence electrons. The number of hydrogen-bond acceptors (Lipinski definition) is 7. The van der Waals surface area contributed by atoms with E-state index in [2.05, 4.69) is 0 Å². The second-order valence-corrected chi connectivity index (χ2v) is 6.66. The van der Waals surface area contributed by atoms with Crippen LogP contribution in [0, 0.1) is 0 Å². The molecule has 0 unspecified atom stereocenters. The van der Waals surface area contributed by atoms with Gasteiger partial charge in [-0.25, -0.2) is 0 Å². The number of ketones is 1. The largest absolute Gasteiger partial charge is 0.503 e. The van der Waals surface area contributed by atoms with Gasteiger partial charge in [0.05, 0.1) is 31.6 Å². The van der Waals surface area contributed by atoms with E-state index in [4.69, 9.17) is 18.6 Å². The maximum Gasteiger partial charge on any atom is 0.290 e. The molecule has 1 N–H and O–H groups in total. The highest BCUT2D eigenvalue weighted by atomic mass is 16.5. The number of hydrogen-bond donors (Lipinski definition) is 1. The molecule has 0 saturated heterocycles. The Bertz CT molecular complexity index is 933. The minimum Gasteiger partial charge on any atom is -0.503 e. The molecule has 2 heterocycles. The number of amides is 1. The van der Waals surface area contributed by atoms with E-state index < -0.39 is 23.5 Å². The fourth-order valence-corrected chi connectivity index (χ4v) is 3.51. The van der Waals surface area contributed by atoms with Gasteiger partial charge in [0, 0.05) is 20.3 Å². The van der Waals surface area contributed by atoms with Gasteiger partial charge in [-0.05, 0) is 43.2 Å². The molecule has 0 fully saturated rings. The maximum atomic E-state index is 13.1. The third-order valence-corrected chi connectivity index (χ3v) is 4.84. The molecule has 1 aromatic heterocycles. The fourth-order valence-electron chi connectivity index (χ4n) is 3.51. The standard InChI is InChI=1S/C22H25NO7/c1-4-29-15-9-8-14(13-17(15)28-3)19-18(20(24)16-7-5-12-30-16)21(25)22(26)23(19)10-6-11-27-2/h5,7-9,12-13,19,25H,4,6,10-11H2,1-3H3/t19-/m0/s1. The third-order valence-electron chi connectivity index (χ3n) is 4.84. The van der Waals surface area contributed by atoms with Gasteiger partial charge in [-0.15, -0.1) is 0 Å². The third kappa shape index (κ3) is 4.04. The SMILES string of the molecule is CCOc1ccc([C@H]2C(C(=O)c3ccco3)=C(O)C(=O)N2CCCOC)cc1OC. The zero-order valence-corrected chi connectivity index (χ0v) is 17.2. The predicted molar refractivity (Wildman–Crippen MR) is 108 cm³/mol. The molecule has 0 aliphatic carbocycles. The Morgan fingerprint density at radius 2 is 2.03 bits per heavy atom. The molecule has 30 heavy (non-hydrogen) atoms. The number of furan rings is 1. The summed E-state index contributed by atoms with van der Waals surface area (Å²) in [6, 6.07) is 7.46. The zero-order valence-electron chi connectivity index (χ0n) is 17.2. The highest BCUT2D eigenvalue weighted by molar-refractivity contribution is 6.15. The summed E-state index contributed by atoms with van der Waals surface area (Å²) in [5, 5.41) is 10.6. The molecule has 0 saturated carbocycles. The van der Waals surface area contributed by atoms with Gasteiger partial charge in [0.2, 0.25) is 5.78 Å². The van der Waals surface area contributed by atoms with Gasteiger partial charge < -0.3 is 28.6 Å². The number of aliphatic hydroxyl groups is 1. The second kappa shape index (κ2) is 9.49. The molecule has 8 heteroatoms. The highest BCUT2D eigenvalue weighted by Gasteiger charge is 2.44. The molecule has 1 aliphatic heterocycles. The number of aliphatic hydroxyl groups excluding tert-OH is 1. The van der Waals surface area contributed by atoms with Gasteiger partial charge in [0.15, 0.2) is 23.0 Å². The van der Waals surface area contributed by atoms with Gasteiger partial charge in [0.1, 0.15) is 0 Å². The Hall–Kier alpha value is -3.26. The van der Waals surface area contributed by atoms with Crippen molar-refractivity contribution in [2.45, 2.75) is 19.4 Å². The van der Waals surface area contributed by atoms with Crippen LogP contribution in [0.1, 0.15) is 35.5 Å². The number of benzene rings is 1. The number of ether oxygens (including phenoxy) is 3. The minimum absolute atomic E-state index is 0.0291. The van der Waals surface area contributed by atoms with E-state index in [1.807, 2.05) is 6.92 Å². The normalized spacial score (nSPS) is 16.3. The number of rotatable bonds is 10. The van der Waals surface area contributed by atoms with Crippen molar-refractivity contribution < 1.29 is 33.3 Å². The Labute approximate surface area is 174 Å². The van der Waals surface area contributed by atoms with Gasteiger partial charge in [-0.2, -0.15) is 0 Å². The van der Waals surface area contributed by atoms with E-state index in [1.165, 1.54) is 24.3 Å². The van der Waals surface area contributed by atoms with Crippen molar-refractivity contribution in [3.63, 3.8) is 0 Å². The van der Waals surface area contributed by atoms with E-state index in [0.29, 0.717) is 43.2 Å². The van der Waals surface area contributed by atoms with Crippen molar-refractivity contribution in [2.75, 3.05) is 34.0 Å². The first-order chi connectivity index (χ1) is 14.5. The number of carbonyl (C=O) groups is 2. The van der Waals surface area contributed by atoms with Gasteiger partial charge in [0.25, 0.3) is 5.91 Å². The van der Waals surface area contributed by atoms with E-state index in [1.54, 1.807) is 31.4 Å². The zero-order chi connectivity index (χ0) is 21.7. The lowest BCUT2D eigenvalue weighted by molar-refractivity contribution is -0.129. The van der Waals surface area contributed by atoms with E-state index in [0.717, 1.165) is 0 Å². The summed E-state index contributed by atoms with van der Waals surface area (Å²) < 4.78 is 21.3. The van der Waals surface area contributed by atoms with Crippen molar-refractivity contribution in [1.29, 1.82) is 0 Å². The summed E-state index contributed by atoms with van der Waals surface area (Å²) in [7, 11) is 3.09. The van der Waals surface area contributed by atoms with Crippen LogP contribution in [0.25, 0.3) is 0 Å². The lowest BCUT2D eigenvalue weighted by Crippen LogP contribution is -2.32. The van der Waals surface area contributed by atoms with Crippen LogP contribution < -0.4 is 9.47 Å². The molecule has 8 nitrogen and oxygen atoms in total. The molecule has 0 bridgehead atoms. The summed E-state index contributed by atoms with van der Waals surface area (Å²) in [5.74, 6) is -0.671. The summed E-state index contributed by atoms with van der Waals surface area (Å²) >= 11 is 0. The molecule has 1 atom stereocenters. The van der Waals surface area contributed by atoms with E-state index >= 15 is 0 Å². The van der Waals surface area contributed by atoms with Crippen molar-refractivity contribution in [2.24, 2.45) is 0 Å². The molecular formula is C22H25NO7. The monoisotopic (exact) mass is 415 g/mol. The molecule has 1 aromatic carbocycles. The van der Waals surface area contributed by atoms with Crippen LogP contribution in [0.4, 0.5) is 0 Å². The predicted octanol–water partition coefficient (Wildman–Crippen LogP) is 3.30. The first-order valence-corrected chi connectivity index (χ1v) is 9.65. The molecule has 3 rings (SSSR count). The number of nitrogens with zero attached hydrogens (tertiary/aromatic N) is 1. The van der Waals surface area contributed by atoms with Crippen LogP contribution in [0.5, 0.6) is 11.5 Å². The van der Waals surface area contributed by atoms with Crippen molar-refractivity contribution in [3.05, 3.63) is 59.3 Å². The van der Waals surface area contributed by atoms with E-state index in [-0.39, 0.29) is 11.3 Å². The number of carbonyl (C=O) groups excluding carboxylic acids is 2. The smallest absolute Gasteiger partial charge is 0.290 e. The molecule has 0 spiro atoms. The van der Waals surface area contributed by atoms with Crippen LogP contribution >= 0.6 is 0 Å². The lowest BCUT2D eigenvalue weighted by Gasteiger charge is -2.27. The van der Waals surface area contributed by atoms with Gasteiger partial charge >= 0.3 is 0 Å².